The van der Waals surface area contributed by atoms with Crippen LogP contribution in [0, 0.1) is 5.92 Å². The van der Waals surface area contributed by atoms with Gasteiger partial charge in [0, 0.05) is 45.1 Å². The molecular weight excluding hydrogens is 293 g/mol. The van der Waals surface area contributed by atoms with Crippen molar-refractivity contribution in [3.8, 4) is 0 Å². The van der Waals surface area contributed by atoms with Gasteiger partial charge < -0.3 is 9.88 Å². The van der Waals surface area contributed by atoms with Crippen LogP contribution >= 0.6 is 24.8 Å². The Morgan fingerprint density at radius 2 is 1.80 bits per heavy atom. The van der Waals surface area contributed by atoms with E-state index < -0.39 is 0 Å². The average molecular weight is 322 g/mol. The first-order chi connectivity index (χ1) is 8.68. The van der Waals surface area contributed by atoms with Crippen LogP contribution in [0.3, 0.4) is 0 Å². The maximum Gasteiger partial charge on any atom is 0.0501 e. The van der Waals surface area contributed by atoms with Gasteiger partial charge >= 0.3 is 0 Å². The van der Waals surface area contributed by atoms with Crippen molar-refractivity contribution in [2.45, 2.75) is 32.7 Å². The molecule has 0 radical (unpaired) electrons. The standard InChI is InChI=1S/C15H27N3.2ClH/c1-13(2)6-7-15(14-5-4-10-17(14)3)18-11-8-16-9-12-18;;/h4-5,10,13,15-16H,6-9,11-12H2,1-3H3;2*1H/t15-;;/m1../s1. The molecule has 0 aromatic carbocycles. The first-order valence-electron chi connectivity index (χ1n) is 7.24. The molecule has 0 spiro atoms. The topological polar surface area (TPSA) is 20.2 Å². The Balaban J connectivity index is 0.00000180. The molecule has 1 aromatic rings. The van der Waals surface area contributed by atoms with Crippen LogP contribution in [0.15, 0.2) is 18.3 Å². The van der Waals surface area contributed by atoms with E-state index in [0.29, 0.717) is 6.04 Å². The molecule has 1 N–H and O–H groups in total. The maximum absolute atomic E-state index is 3.45. The summed E-state index contributed by atoms with van der Waals surface area (Å²) in [5.41, 5.74) is 1.47. The smallest absolute Gasteiger partial charge is 0.0501 e. The zero-order chi connectivity index (χ0) is 13.0. The van der Waals surface area contributed by atoms with Crippen LogP contribution in [-0.4, -0.2) is 35.6 Å². The summed E-state index contributed by atoms with van der Waals surface area (Å²) in [6, 6.07) is 5.04. The lowest BCUT2D eigenvalue weighted by Gasteiger charge is -2.35. The highest BCUT2D eigenvalue weighted by atomic mass is 35.5. The molecule has 0 amide bonds. The summed E-state index contributed by atoms with van der Waals surface area (Å²) in [6.45, 7) is 9.24. The van der Waals surface area contributed by atoms with Gasteiger partial charge in [0.2, 0.25) is 0 Å². The predicted octanol–water partition coefficient (Wildman–Crippen LogP) is 3.25. The number of piperazine rings is 1. The zero-order valence-corrected chi connectivity index (χ0v) is 14.5. The van der Waals surface area contributed by atoms with Gasteiger partial charge in [-0.25, -0.2) is 0 Å². The van der Waals surface area contributed by atoms with Gasteiger partial charge in [0.25, 0.3) is 0 Å². The molecular formula is C15H29Cl2N3. The lowest BCUT2D eigenvalue weighted by atomic mass is 9.99. The van der Waals surface area contributed by atoms with Crippen molar-refractivity contribution >= 4 is 24.8 Å². The third kappa shape index (κ3) is 5.28. The van der Waals surface area contributed by atoms with E-state index in [2.05, 4.69) is 54.0 Å². The molecule has 1 aliphatic rings. The second-order valence-electron chi connectivity index (χ2n) is 5.82. The van der Waals surface area contributed by atoms with E-state index >= 15 is 0 Å². The Kier molecular flexibility index (Phi) is 9.56. The number of aromatic nitrogens is 1. The Morgan fingerprint density at radius 1 is 1.15 bits per heavy atom. The number of aryl methyl sites for hydroxylation is 1. The summed E-state index contributed by atoms with van der Waals surface area (Å²) in [4.78, 5) is 2.65. The van der Waals surface area contributed by atoms with Crippen LogP contribution in [-0.2, 0) is 7.05 Å². The van der Waals surface area contributed by atoms with Gasteiger partial charge in [-0.05, 0) is 30.9 Å². The van der Waals surface area contributed by atoms with Gasteiger partial charge in [0.15, 0.2) is 0 Å². The fraction of sp³-hybridized carbons (Fsp3) is 0.733. The Morgan fingerprint density at radius 3 is 2.30 bits per heavy atom. The predicted molar refractivity (Wildman–Crippen MR) is 91.2 cm³/mol. The van der Waals surface area contributed by atoms with Gasteiger partial charge in [0.05, 0.1) is 6.04 Å². The number of nitrogens with zero attached hydrogens (tertiary/aromatic N) is 2. The van der Waals surface area contributed by atoms with Gasteiger partial charge in [-0.3, -0.25) is 4.90 Å². The molecule has 0 saturated carbocycles. The summed E-state index contributed by atoms with van der Waals surface area (Å²) in [7, 11) is 2.17. The van der Waals surface area contributed by atoms with Gasteiger partial charge in [0.1, 0.15) is 0 Å². The van der Waals surface area contributed by atoms with Crippen molar-refractivity contribution in [2.24, 2.45) is 13.0 Å². The molecule has 1 fully saturated rings. The fourth-order valence-electron chi connectivity index (χ4n) is 2.82. The molecule has 1 saturated heterocycles. The first kappa shape index (κ1) is 19.8. The summed E-state index contributed by atoms with van der Waals surface area (Å²) >= 11 is 0. The van der Waals surface area contributed by atoms with E-state index in [4.69, 9.17) is 0 Å². The minimum atomic E-state index is 0. The summed E-state index contributed by atoms with van der Waals surface area (Å²) in [5.74, 6) is 0.788. The highest BCUT2D eigenvalue weighted by Gasteiger charge is 2.23. The normalized spacial score (nSPS) is 17.4. The Labute approximate surface area is 135 Å². The molecule has 1 aliphatic heterocycles. The van der Waals surface area contributed by atoms with Crippen LogP contribution < -0.4 is 5.32 Å². The van der Waals surface area contributed by atoms with E-state index in [1.54, 1.807) is 0 Å². The highest BCUT2D eigenvalue weighted by Crippen LogP contribution is 2.27. The summed E-state index contributed by atoms with van der Waals surface area (Å²) in [6.07, 6.45) is 4.75. The number of hydrogen-bond acceptors (Lipinski definition) is 2. The Hall–Kier alpha value is -0.220. The van der Waals surface area contributed by atoms with Crippen molar-refractivity contribution in [2.75, 3.05) is 26.2 Å². The quantitative estimate of drug-likeness (QED) is 0.898. The van der Waals surface area contributed by atoms with Crippen molar-refractivity contribution < 1.29 is 0 Å². The van der Waals surface area contributed by atoms with E-state index in [0.717, 1.165) is 19.0 Å². The zero-order valence-electron chi connectivity index (χ0n) is 12.8. The minimum absolute atomic E-state index is 0. The third-order valence-electron chi connectivity index (χ3n) is 3.94. The number of halogens is 2. The van der Waals surface area contributed by atoms with E-state index in [9.17, 15) is 0 Å². The van der Waals surface area contributed by atoms with Gasteiger partial charge in [-0.2, -0.15) is 0 Å². The molecule has 0 aliphatic carbocycles. The Bertz CT molecular complexity index is 360. The van der Waals surface area contributed by atoms with Crippen LogP contribution in [0.1, 0.15) is 38.4 Å². The van der Waals surface area contributed by atoms with Gasteiger partial charge in [-0.1, -0.05) is 13.8 Å². The monoisotopic (exact) mass is 321 g/mol. The van der Waals surface area contributed by atoms with Crippen molar-refractivity contribution in [3.63, 3.8) is 0 Å². The van der Waals surface area contributed by atoms with Crippen LogP contribution in [0.25, 0.3) is 0 Å². The van der Waals surface area contributed by atoms with Crippen LogP contribution in [0.5, 0.6) is 0 Å². The highest BCUT2D eigenvalue weighted by molar-refractivity contribution is 5.85. The molecule has 118 valence electrons. The number of nitrogens with one attached hydrogen (secondary N) is 1. The van der Waals surface area contributed by atoms with Crippen molar-refractivity contribution in [1.82, 2.24) is 14.8 Å². The molecule has 1 aromatic heterocycles. The SMILES string of the molecule is CC(C)CC[C@H](c1cccn1C)N1CCNCC1.Cl.Cl. The maximum atomic E-state index is 3.45. The van der Waals surface area contributed by atoms with E-state index in [1.165, 1.54) is 31.6 Å². The molecule has 1 atom stereocenters. The van der Waals surface area contributed by atoms with Crippen LogP contribution in [0.4, 0.5) is 0 Å². The molecule has 5 heteroatoms. The fourth-order valence-corrected chi connectivity index (χ4v) is 2.82. The largest absolute Gasteiger partial charge is 0.353 e. The minimum Gasteiger partial charge on any atom is -0.353 e. The lowest BCUT2D eigenvalue weighted by Crippen LogP contribution is -2.45. The molecule has 0 bridgehead atoms. The average Bonchev–Trinajstić information content (AvgIpc) is 2.77. The number of rotatable bonds is 5. The van der Waals surface area contributed by atoms with Crippen molar-refractivity contribution in [1.29, 1.82) is 0 Å². The second-order valence-corrected chi connectivity index (χ2v) is 5.82. The molecule has 0 unspecified atom stereocenters. The lowest BCUT2D eigenvalue weighted by molar-refractivity contribution is 0.154. The number of hydrogen-bond donors (Lipinski definition) is 1. The van der Waals surface area contributed by atoms with E-state index in [1.807, 2.05) is 0 Å². The van der Waals surface area contributed by atoms with Crippen molar-refractivity contribution in [3.05, 3.63) is 24.0 Å². The molecule has 20 heavy (non-hydrogen) atoms. The van der Waals surface area contributed by atoms with E-state index in [-0.39, 0.29) is 24.8 Å². The summed E-state index contributed by atoms with van der Waals surface area (Å²) in [5, 5.41) is 3.45. The molecule has 3 nitrogen and oxygen atoms in total. The third-order valence-corrected chi connectivity index (χ3v) is 3.94. The molecule has 2 rings (SSSR count). The summed E-state index contributed by atoms with van der Waals surface area (Å²) < 4.78 is 2.28. The first-order valence-corrected chi connectivity index (χ1v) is 7.24. The van der Waals surface area contributed by atoms with Gasteiger partial charge in [-0.15, -0.1) is 24.8 Å². The second kappa shape index (κ2) is 9.67. The molecule has 2 heterocycles. The van der Waals surface area contributed by atoms with Crippen LogP contribution in [0.2, 0.25) is 0 Å².